The van der Waals surface area contributed by atoms with Crippen LogP contribution in [-0.2, 0) is 11.2 Å². The Balaban J connectivity index is 1.83. The van der Waals surface area contributed by atoms with Crippen LogP contribution in [0.2, 0.25) is 0 Å². The number of rotatable bonds is 4. The van der Waals surface area contributed by atoms with E-state index in [1.807, 2.05) is 30.3 Å². The van der Waals surface area contributed by atoms with Crippen molar-refractivity contribution in [2.75, 3.05) is 18.0 Å². The first-order valence-electron chi connectivity index (χ1n) is 8.07. The van der Waals surface area contributed by atoms with E-state index in [1.54, 1.807) is 0 Å². The summed E-state index contributed by atoms with van der Waals surface area (Å²) in [5.41, 5.74) is 3.97. The van der Waals surface area contributed by atoms with Crippen molar-refractivity contribution in [3.05, 3.63) is 65.2 Å². The summed E-state index contributed by atoms with van der Waals surface area (Å²) in [7, 11) is 0. The van der Waals surface area contributed by atoms with E-state index < -0.39 is 0 Å². The van der Waals surface area contributed by atoms with Crippen LogP contribution in [0.3, 0.4) is 0 Å². The third-order valence-electron chi connectivity index (χ3n) is 4.18. The van der Waals surface area contributed by atoms with Gasteiger partial charge in [-0.05, 0) is 49.2 Å². The fraction of sp³-hybridized carbons (Fsp3) is 0.250. The molecule has 2 aromatic carbocycles. The average Bonchev–Trinajstić information content (AvgIpc) is 2.58. The molecule has 2 aromatic rings. The molecule has 0 aromatic heterocycles. The highest BCUT2D eigenvalue weighted by Gasteiger charge is 2.21. The lowest BCUT2D eigenvalue weighted by molar-refractivity contribution is -0.130. The fourth-order valence-electron chi connectivity index (χ4n) is 2.87. The zero-order valence-corrected chi connectivity index (χ0v) is 13.6. The lowest BCUT2D eigenvalue weighted by Crippen LogP contribution is -2.21. The summed E-state index contributed by atoms with van der Waals surface area (Å²) < 4.78 is 5.40. The van der Waals surface area contributed by atoms with Crippen LogP contribution >= 0.6 is 0 Å². The van der Waals surface area contributed by atoms with Crippen molar-refractivity contribution in [3.63, 3.8) is 0 Å². The normalized spacial score (nSPS) is 15.2. The summed E-state index contributed by atoms with van der Waals surface area (Å²) >= 11 is 0. The lowest BCUT2D eigenvalue weighted by Gasteiger charge is -2.21. The maximum absolute atomic E-state index is 12.1. The second kappa shape index (κ2) is 6.69. The summed E-state index contributed by atoms with van der Waals surface area (Å²) in [6.45, 7) is 6.27. The van der Waals surface area contributed by atoms with Gasteiger partial charge in [0, 0.05) is 30.8 Å². The van der Waals surface area contributed by atoms with Gasteiger partial charge >= 0.3 is 5.97 Å². The Morgan fingerprint density at radius 2 is 1.74 bits per heavy atom. The van der Waals surface area contributed by atoms with Crippen LogP contribution in [-0.4, -0.2) is 19.1 Å². The van der Waals surface area contributed by atoms with E-state index in [0.717, 1.165) is 24.2 Å². The molecule has 0 amide bonds. The number of anilines is 1. The lowest BCUT2D eigenvalue weighted by atomic mass is 9.99. The molecule has 3 heteroatoms. The summed E-state index contributed by atoms with van der Waals surface area (Å²) in [6.07, 6.45) is 2.54. The van der Waals surface area contributed by atoms with Crippen LogP contribution in [0.5, 0.6) is 5.75 Å². The molecule has 0 aliphatic carbocycles. The molecule has 0 unspecified atom stereocenters. The number of carbonyl (C=O) groups excluding carboxylic acids is 1. The van der Waals surface area contributed by atoms with Crippen LogP contribution in [0.1, 0.15) is 25.0 Å². The minimum Gasteiger partial charge on any atom is -0.423 e. The molecule has 0 saturated heterocycles. The van der Waals surface area contributed by atoms with E-state index in [-0.39, 0.29) is 5.97 Å². The fourth-order valence-corrected chi connectivity index (χ4v) is 2.87. The third kappa shape index (κ3) is 3.29. The molecule has 1 heterocycles. The summed E-state index contributed by atoms with van der Waals surface area (Å²) in [5.74, 6) is 0.419. The number of esters is 1. The maximum Gasteiger partial charge on any atom is 0.339 e. The van der Waals surface area contributed by atoms with Crippen LogP contribution in [0.25, 0.3) is 6.08 Å². The Labute approximate surface area is 137 Å². The van der Waals surface area contributed by atoms with Gasteiger partial charge in [0.15, 0.2) is 0 Å². The molecule has 23 heavy (non-hydrogen) atoms. The average molecular weight is 307 g/mol. The second-order valence-corrected chi connectivity index (χ2v) is 5.61. The van der Waals surface area contributed by atoms with Gasteiger partial charge < -0.3 is 9.64 Å². The quantitative estimate of drug-likeness (QED) is 0.484. The number of hydrogen-bond donors (Lipinski definition) is 0. The molecule has 0 radical (unpaired) electrons. The first kappa shape index (κ1) is 15.3. The Bertz CT molecular complexity index is 728. The zero-order valence-electron chi connectivity index (χ0n) is 13.6. The topological polar surface area (TPSA) is 29.5 Å². The molecule has 0 atom stereocenters. The van der Waals surface area contributed by atoms with Crippen LogP contribution in [0.4, 0.5) is 5.69 Å². The number of nitrogens with zero attached hydrogens (tertiary/aromatic N) is 1. The van der Waals surface area contributed by atoms with Crippen LogP contribution < -0.4 is 9.64 Å². The van der Waals surface area contributed by atoms with Gasteiger partial charge in [-0.1, -0.05) is 30.3 Å². The highest BCUT2D eigenvalue weighted by molar-refractivity contribution is 5.97. The molecule has 0 N–H and O–H groups in total. The molecule has 1 aliphatic rings. The third-order valence-corrected chi connectivity index (χ3v) is 4.18. The van der Waals surface area contributed by atoms with Crippen molar-refractivity contribution in [2.45, 2.75) is 20.3 Å². The van der Waals surface area contributed by atoms with E-state index in [4.69, 9.17) is 4.74 Å². The van der Waals surface area contributed by atoms with E-state index in [2.05, 4.69) is 43.0 Å². The molecule has 0 fully saturated rings. The Hall–Kier alpha value is -2.55. The SMILES string of the molecule is CCN(CC)c1ccc(C=C2Cc3ccccc3OC2=O)cc1. The van der Waals surface area contributed by atoms with Crippen molar-refractivity contribution < 1.29 is 9.53 Å². The second-order valence-electron chi connectivity index (χ2n) is 5.61. The molecular formula is C20H21NO2. The molecular weight excluding hydrogens is 286 g/mol. The molecule has 3 nitrogen and oxygen atoms in total. The van der Waals surface area contributed by atoms with Gasteiger partial charge in [-0.2, -0.15) is 0 Å². The van der Waals surface area contributed by atoms with Gasteiger partial charge in [0.25, 0.3) is 0 Å². The summed E-state index contributed by atoms with van der Waals surface area (Å²) in [4.78, 5) is 14.4. The number of hydrogen-bond acceptors (Lipinski definition) is 3. The number of para-hydroxylation sites is 1. The van der Waals surface area contributed by atoms with Crippen molar-refractivity contribution in [2.24, 2.45) is 0 Å². The Morgan fingerprint density at radius 1 is 1.04 bits per heavy atom. The van der Waals surface area contributed by atoms with E-state index >= 15 is 0 Å². The van der Waals surface area contributed by atoms with Gasteiger partial charge in [-0.15, -0.1) is 0 Å². The highest BCUT2D eigenvalue weighted by atomic mass is 16.5. The number of carbonyl (C=O) groups is 1. The molecule has 118 valence electrons. The monoisotopic (exact) mass is 307 g/mol. The van der Waals surface area contributed by atoms with E-state index in [9.17, 15) is 4.79 Å². The zero-order chi connectivity index (χ0) is 16.2. The van der Waals surface area contributed by atoms with Gasteiger partial charge in [-0.25, -0.2) is 4.79 Å². The summed E-state index contributed by atoms with van der Waals surface area (Å²) in [6, 6.07) is 16.0. The van der Waals surface area contributed by atoms with Crippen LogP contribution in [0.15, 0.2) is 54.1 Å². The van der Waals surface area contributed by atoms with Crippen molar-refractivity contribution in [1.82, 2.24) is 0 Å². The predicted octanol–water partition coefficient (Wildman–Crippen LogP) is 4.08. The standard InChI is InChI=1S/C20H21NO2/c1-3-21(4-2)18-11-9-15(10-12-18)13-17-14-16-7-5-6-8-19(16)23-20(17)22/h5-13H,3-4,14H2,1-2H3. The number of ether oxygens (including phenoxy) is 1. The number of fused-ring (bicyclic) bond motifs is 1. The first-order chi connectivity index (χ1) is 11.2. The minimum atomic E-state index is -0.253. The largest absolute Gasteiger partial charge is 0.423 e. The Morgan fingerprint density at radius 3 is 2.43 bits per heavy atom. The van der Waals surface area contributed by atoms with Crippen molar-refractivity contribution >= 4 is 17.7 Å². The molecule has 3 rings (SSSR count). The smallest absolute Gasteiger partial charge is 0.339 e. The van der Waals surface area contributed by atoms with Gasteiger partial charge in [0.1, 0.15) is 5.75 Å². The van der Waals surface area contributed by atoms with Gasteiger partial charge in [0.2, 0.25) is 0 Å². The highest BCUT2D eigenvalue weighted by Crippen LogP contribution is 2.28. The van der Waals surface area contributed by atoms with Crippen LogP contribution in [0, 0.1) is 0 Å². The Kier molecular flexibility index (Phi) is 4.47. The van der Waals surface area contributed by atoms with Crippen molar-refractivity contribution in [3.8, 4) is 5.75 Å². The van der Waals surface area contributed by atoms with Crippen molar-refractivity contribution in [1.29, 1.82) is 0 Å². The predicted molar refractivity (Wildman–Crippen MR) is 93.8 cm³/mol. The number of benzene rings is 2. The summed E-state index contributed by atoms with van der Waals surface area (Å²) in [5, 5.41) is 0. The van der Waals surface area contributed by atoms with E-state index in [0.29, 0.717) is 17.7 Å². The molecule has 0 bridgehead atoms. The van der Waals surface area contributed by atoms with E-state index in [1.165, 1.54) is 5.69 Å². The minimum absolute atomic E-state index is 0.253. The molecule has 0 spiro atoms. The molecule has 0 saturated carbocycles. The van der Waals surface area contributed by atoms with Gasteiger partial charge in [0.05, 0.1) is 0 Å². The maximum atomic E-state index is 12.1. The van der Waals surface area contributed by atoms with Gasteiger partial charge in [-0.3, -0.25) is 0 Å². The molecule has 1 aliphatic heterocycles. The first-order valence-corrected chi connectivity index (χ1v) is 8.07.